The average molecular weight is 179 g/mol. The molecule has 0 aliphatic rings. The Kier molecular flexibility index (Phi) is 2.00. The number of H-pyrrole nitrogens is 1. The van der Waals surface area contributed by atoms with Gasteiger partial charge in [-0.3, -0.25) is 0 Å². The molecule has 2 heterocycles. The van der Waals surface area contributed by atoms with E-state index in [1.54, 1.807) is 6.20 Å². The number of fused-ring (bicyclic) bond motifs is 3. The highest BCUT2D eigenvalue weighted by atomic mass is 14.8. The molecule has 1 N–H and O–H groups in total. The van der Waals surface area contributed by atoms with E-state index >= 15 is 0 Å². The Hall–Kier alpha value is -1.77. The minimum absolute atomic E-state index is 0. The van der Waals surface area contributed by atoms with Gasteiger partial charge in [-0.2, -0.15) is 0 Å². The normalized spacial score (nSPS) is 10.3. The molecule has 0 aliphatic heterocycles. The minimum atomic E-state index is 0. The Balaban J connectivity index is 0.000000750. The van der Waals surface area contributed by atoms with Crippen LogP contribution in [-0.4, -0.2) is 18.4 Å². The van der Waals surface area contributed by atoms with Gasteiger partial charge >= 0.3 is 0 Å². The number of pyridine rings is 1. The van der Waals surface area contributed by atoms with Crippen LogP contribution < -0.4 is 0 Å². The number of para-hydroxylation sites is 1. The first-order valence-electron chi connectivity index (χ1n) is 4.26. The van der Waals surface area contributed by atoms with Crippen LogP contribution in [0.3, 0.4) is 0 Å². The SMILES string of the molecule is [B].c1ccc2c(c1)[nH]c1ncccc12. The topological polar surface area (TPSA) is 28.7 Å². The van der Waals surface area contributed by atoms with Crippen molar-refractivity contribution in [3.63, 3.8) is 0 Å². The minimum Gasteiger partial charge on any atom is -0.339 e. The molecule has 0 saturated carbocycles. The molecule has 3 aromatic rings. The smallest absolute Gasteiger partial charge is 0.138 e. The van der Waals surface area contributed by atoms with Crippen molar-refractivity contribution in [2.24, 2.45) is 0 Å². The molecule has 65 valence electrons. The molecule has 0 bridgehead atoms. The molecule has 0 saturated heterocycles. The number of nitrogens with one attached hydrogen (secondary N) is 1. The van der Waals surface area contributed by atoms with Gasteiger partial charge in [-0.1, -0.05) is 18.2 Å². The van der Waals surface area contributed by atoms with Crippen LogP contribution >= 0.6 is 0 Å². The number of hydrogen-bond acceptors (Lipinski definition) is 1. The molecule has 2 aromatic heterocycles. The van der Waals surface area contributed by atoms with E-state index in [0.29, 0.717) is 0 Å². The largest absolute Gasteiger partial charge is 0.339 e. The van der Waals surface area contributed by atoms with Crippen LogP contribution in [0.15, 0.2) is 42.6 Å². The molecule has 0 unspecified atom stereocenters. The Bertz CT molecular complexity index is 521. The van der Waals surface area contributed by atoms with Crippen LogP contribution in [0.5, 0.6) is 0 Å². The summed E-state index contributed by atoms with van der Waals surface area (Å²) < 4.78 is 0. The highest BCUT2D eigenvalue weighted by Gasteiger charge is 2.01. The molecular weight excluding hydrogens is 171 g/mol. The Morgan fingerprint density at radius 1 is 0.929 bits per heavy atom. The Morgan fingerprint density at radius 3 is 2.64 bits per heavy atom. The van der Waals surface area contributed by atoms with Crippen LogP contribution in [0, 0.1) is 0 Å². The summed E-state index contributed by atoms with van der Waals surface area (Å²) >= 11 is 0. The molecule has 3 heteroatoms. The summed E-state index contributed by atoms with van der Waals surface area (Å²) in [6, 6.07) is 12.3. The molecule has 3 rings (SSSR count). The van der Waals surface area contributed by atoms with Gasteiger partial charge in [0.15, 0.2) is 0 Å². The lowest BCUT2D eigenvalue weighted by Gasteiger charge is -1.87. The monoisotopic (exact) mass is 179 g/mol. The fourth-order valence-electron chi connectivity index (χ4n) is 1.68. The van der Waals surface area contributed by atoms with Crippen molar-refractivity contribution >= 4 is 30.3 Å². The van der Waals surface area contributed by atoms with Gasteiger partial charge in [0.25, 0.3) is 0 Å². The van der Waals surface area contributed by atoms with E-state index in [2.05, 4.69) is 28.2 Å². The van der Waals surface area contributed by atoms with Gasteiger partial charge in [-0.15, -0.1) is 0 Å². The summed E-state index contributed by atoms with van der Waals surface area (Å²) in [7, 11) is 0. The molecule has 0 fully saturated rings. The van der Waals surface area contributed by atoms with Crippen LogP contribution in [0.25, 0.3) is 21.9 Å². The van der Waals surface area contributed by atoms with Gasteiger partial charge < -0.3 is 4.98 Å². The maximum Gasteiger partial charge on any atom is 0.138 e. The van der Waals surface area contributed by atoms with Crippen molar-refractivity contribution in [2.45, 2.75) is 0 Å². The number of benzene rings is 1. The first-order chi connectivity index (χ1) is 6.45. The second kappa shape index (κ2) is 3.18. The number of aromatic amines is 1. The van der Waals surface area contributed by atoms with E-state index < -0.39 is 0 Å². The van der Waals surface area contributed by atoms with Gasteiger partial charge in [0.1, 0.15) is 5.65 Å². The number of aromatic nitrogens is 2. The van der Waals surface area contributed by atoms with Gasteiger partial charge in [0, 0.05) is 30.9 Å². The molecule has 14 heavy (non-hydrogen) atoms. The first kappa shape index (κ1) is 8.82. The summed E-state index contributed by atoms with van der Waals surface area (Å²) in [5.41, 5.74) is 2.11. The van der Waals surface area contributed by atoms with Gasteiger partial charge in [-0.25, -0.2) is 4.98 Å². The number of hydrogen-bond donors (Lipinski definition) is 1. The third-order valence-electron chi connectivity index (χ3n) is 2.28. The van der Waals surface area contributed by atoms with Crippen molar-refractivity contribution in [3.8, 4) is 0 Å². The number of nitrogens with zero attached hydrogens (tertiary/aromatic N) is 1. The van der Waals surface area contributed by atoms with Crippen molar-refractivity contribution in [2.75, 3.05) is 0 Å². The predicted octanol–water partition coefficient (Wildman–Crippen LogP) is 2.34. The zero-order valence-corrected chi connectivity index (χ0v) is 7.57. The van der Waals surface area contributed by atoms with E-state index in [9.17, 15) is 0 Å². The second-order valence-corrected chi connectivity index (χ2v) is 3.07. The molecule has 0 atom stereocenters. The van der Waals surface area contributed by atoms with Gasteiger partial charge in [0.05, 0.1) is 0 Å². The van der Waals surface area contributed by atoms with E-state index in [4.69, 9.17) is 0 Å². The lowest BCUT2D eigenvalue weighted by atomic mass is 10.2. The summed E-state index contributed by atoms with van der Waals surface area (Å²) in [5, 5.41) is 2.43. The number of rotatable bonds is 0. The molecular formula is C11H8BN2. The van der Waals surface area contributed by atoms with E-state index in [0.717, 1.165) is 11.2 Å². The van der Waals surface area contributed by atoms with Gasteiger partial charge in [0.2, 0.25) is 0 Å². The highest BCUT2D eigenvalue weighted by Crippen LogP contribution is 2.22. The summed E-state index contributed by atoms with van der Waals surface area (Å²) in [6.07, 6.45) is 1.80. The van der Waals surface area contributed by atoms with Gasteiger partial charge in [-0.05, 0) is 18.2 Å². The quantitative estimate of drug-likeness (QED) is 0.527. The maximum atomic E-state index is 4.26. The van der Waals surface area contributed by atoms with Crippen LogP contribution in [0.1, 0.15) is 0 Å². The van der Waals surface area contributed by atoms with E-state index in [1.165, 1.54) is 10.8 Å². The first-order valence-corrected chi connectivity index (χ1v) is 4.26. The zero-order chi connectivity index (χ0) is 8.67. The third-order valence-corrected chi connectivity index (χ3v) is 2.28. The van der Waals surface area contributed by atoms with Crippen molar-refractivity contribution in [1.82, 2.24) is 9.97 Å². The predicted molar refractivity (Wildman–Crippen MR) is 59.4 cm³/mol. The Morgan fingerprint density at radius 2 is 1.71 bits per heavy atom. The average Bonchev–Trinajstić information content (AvgIpc) is 2.56. The Labute approximate surface area is 83.5 Å². The molecule has 3 radical (unpaired) electrons. The maximum absolute atomic E-state index is 4.26. The van der Waals surface area contributed by atoms with Crippen molar-refractivity contribution < 1.29 is 0 Å². The fourth-order valence-corrected chi connectivity index (χ4v) is 1.68. The molecule has 2 nitrogen and oxygen atoms in total. The van der Waals surface area contributed by atoms with Crippen LogP contribution in [0.4, 0.5) is 0 Å². The van der Waals surface area contributed by atoms with Crippen LogP contribution in [0.2, 0.25) is 0 Å². The summed E-state index contributed by atoms with van der Waals surface area (Å²) in [4.78, 5) is 7.53. The molecule has 0 aliphatic carbocycles. The lowest BCUT2D eigenvalue weighted by Crippen LogP contribution is -1.71. The van der Waals surface area contributed by atoms with E-state index in [-0.39, 0.29) is 8.41 Å². The molecule has 0 amide bonds. The zero-order valence-electron chi connectivity index (χ0n) is 7.57. The lowest BCUT2D eigenvalue weighted by molar-refractivity contribution is 1.35. The molecule has 1 aromatic carbocycles. The van der Waals surface area contributed by atoms with Crippen molar-refractivity contribution in [1.29, 1.82) is 0 Å². The second-order valence-electron chi connectivity index (χ2n) is 3.07. The summed E-state index contributed by atoms with van der Waals surface area (Å²) in [6.45, 7) is 0. The fraction of sp³-hybridized carbons (Fsp3) is 0. The van der Waals surface area contributed by atoms with E-state index in [1.807, 2.05) is 18.2 Å². The van der Waals surface area contributed by atoms with Crippen molar-refractivity contribution in [3.05, 3.63) is 42.6 Å². The highest BCUT2D eigenvalue weighted by molar-refractivity contribution is 6.05. The van der Waals surface area contributed by atoms with Crippen LogP contribution in [-0.2, 0) is 0 Å². The third kappa shape index (κ3) is 1.09. The standard InChI is InChI=1S/C11H8N2.B/c1-2-6-10-8(4-1)9-5-3-7-12-11(9)13-10;/h1-7H,(H,12,13);. The molecule has 0 spiro atoms. The summed E-state index contributed by atoms with van der Waals surface area (Å²) in [5.74, 6) is 0.